The number of sulfonamides is 1. The fraction of sp³-hybridized carbons (Fsp3) is 0.389. The molecule has 0 saturated heterocycles. The molecule has 1 aliphatic heterocycles. The molecule has 168 valence electrons. The number of allylic oxidation sites excluding steroid dienone is 1. The van der Waals surface area contributed by atoms with Crippen LogP contribution >= 0.6 is 0 Å². The van der Waals surface area contributed by atoms with Gasteiger partial charge in [-0.3, -0.25) is 10.1 Å². The van der Waals surface area contributed by atoms with Gasteiger partial charge in [-0.05, 0) is 26.3 Å². The molecular weight excluding hydrogens is 432 g/mol. The largest absolute Gasteiger partial charge is 0.463 e. The van der Waals surface area contributed by atoms with E-state index in [1.54, 1.807) is 13.8 Å². The molecular formula is C18H22N4O8S. The van der Waals surface area contributed by atoms with Gasteiger partial charge in [-0.25, -0.2) is 22.9 Å². The molecule has 1 atom stereocenters. The molecule has 0 bridgehead atoms. The summed E-state index contributed by atoms with van der Waals surface area (Å²) in [7, 11) is -3.97. The van der Waals surface area contributed by atoms with Crippen molar-refractivity contribution in [2.45, 2.75) is 26.8 Å². The van der Waals surface area contributed by atoms with E-state index in [1.165, 1.54) is 31.2 Å². The predicted molar refractivity (Wildman–Crippen MR) is 109 cm³/mol. The van der Waals surface area contributed by atoms with Crippen molar-refractivity contribution in [3.63, 3.8) is 0 Å². The second-order valence-electron chi connectivity index (χ2n) is 6.36. The second kappa shape index (κ2) is 9.55. The number of hydrogen-bond donors (Lipinski definition) is 1. The summed E-state index contributed by atoms with van der Waals surface area (Å²) < 4.78 is 37.4. The first-order valence-electron chi connectivity index (χ1n) is 9.15. The van der Waals surface area contributed by atoms with Gasteiger partial charge in [0.25, 0.3) is 15.7 Å². The third-order valence-electron chi connectivity index (χ3n) is 4.07. The van der Waals surface area contributed by atoms with Crippen molar-refractivity contribution in [1.29, 1.82) is 0 Å². The minimum Gasteiger partial charge on any atom is -0.463 e. The molecule has 0 aliphatic carbocycles. The molecule has 1 aromatic carbocycles. The van der Waals surface area contributed by atoms with Crippen molar-refractivity contribution in [2.24, 2.45) is 4.40 Å². The maximum Gasteiger partial charge on any atom is 0.417 e. The van der Waals surface area contributed by atoms with Crippen molar-refractivity contribution in [2.75, 3.05) is 19.5 Å². The predicted octanol–water partition coefficient (Wildman–Crippen LogP) is 1.85. The Balaban J connectivity index is 2.84. The van der Waals surface area contributed by atoms with E-state index in [0.717, 1.165) is 11.2 Å². The Morgan fingerprint density at radius 1 is 1.26 bits per heavy atom. The number of amides is 1. The van der Waals surface area contributed by atoms with Crippen LogP contribution in [0.25, 0.3) is 0 Å². The highest BCUT2D eigenvalue weighted by molar-refractivity contribution is 7.89. The van der Waals surface area contributed by atoms with Gasteiger partial charge >= 0.3 is 12.1 Å². The van der Waals surface area contributed by atoms with E-state index in [4.69, 9.17) is 9.47 Å². The quantitative estimate of drug-likeness (QED) is 0.385. The fourth-order valence-electron chi connectivity index (χ4n) is 2.96. The fourth-order valence-corrected chi connectivity index (χ4v) is 3.41. The zero-order chi connectivity index (χ0) is 23.3. The molecule has 0 radical (unpaired) electrons. The maximum absolute atomic E-state index is 12.8. The number of nitrogens with one attached hydrogen (secondary N) is 1. The van der Waals surface area contributed by atoms with Crippen molar-refractivity contribution < 1.29 is 32.4 Å². The van der Waals surface area contributed by atoms with Crippen LogP contribution < -0.4 is 5.32 Å². The molecule has 0 fully saturated rings. The Kier molecular flexibility index (Phi) is 7.33. The molecule has 1 unspecified atom stereocenters. The molecule has 13 heteroatoms. The van der Waals surface area contributed by atoms with Gasteiger partial charge in [0.2, 0.25) is 5.96 Å². The van der Waals surface area contributed by atoms with Crippen LogP contribution in [-0.2, 0) is 24.3 Å². The average Bonchev–Trinajstić information content (AvgIpc) is 2.66. The van der Waals surface area contributed by atoms with Gasteiger partial charge in [0.1, 0.15) is 6.04 Å². The van der Waals surface area contributed by atoms with Crippen molar-refractivity contribution in [1.82, 2.24) is 10.2 Å². The van der Waals surface area contributed by atoms with Crippen molar-refractivity contribution >= 4 is 33.7 Å². The zero-order valence-electron chi connectivity index (χ0n) is 17.3. The molecule has 31 heavy (non-hydrogen) atoms. The van der Waals surface area contributed by atoms with Gasteiger partial charge in [0.15, 0.2) is 0 Å². The Labute approximate surface area is 178 Å². The minimum absolute atomic E-state index is 0.0287. The maximum atomic E-state index is 12.8. The van der Waals surface area contributed by atoms with Gasteiger partial charge in [-0.15, -0.1) is 4.40 Å². The molecule has 1 aliphatic rings. The van der Waals surface area contributed by atoms with E-state index in [9.17, 15) is 28.1 Å². The molecule has 0 spiro atoms. The number of benzene rings is 1. The second-order valence-corrected chi connectivity index (χ2v) is 8.00. The van der Waals surface area contributed by atoms with E-state index in [1.807, 2.05) is 0 Å². The third-order valence-corrected chi connectivity index (χ3v) is 4.58. The number of ether oxygens (including phenoxy) is 2. The standard InChI is InChI=1S/C18H22N4O8S/c1-5-29-16(23)14-11(3)19-17(20-31(4,27)28)21(18(24)30-6-2)15(14)12-8-7-9-13(10-12)22(25)26/h7-10,15H,5-6H2,1-4H3,(H,19,20). The monoisotopic (exact) mass is 454 g/mol. The highest BCUT2D eigenvalue weighted by Gasteiger charge is 2.42. The lowest BCUT2D eigenvalue weighted by Crippen LogP contribution is -2.52. The average molecular weight is 454 g/mol. The van der Waals surface area contributed by atoms with Gasteiger partial charge in [0.05, 0.1) is 30.0 Å². The Morgan fingerprint density at radius 3 is 2.45 bits per heavy atom. The van der Waals surface area contributed by atoms with E-state index < -0.39 is 39.0 Å². The van der Waals surface area contributed by atoms with Crippen LogP contribution in [0.3, 0.4) is 0 Å². The van der Waals surface area contributed by atoms with Gasteiger partial charge in [-0.1, -0.05) is 12.1 Å². The van der Waals surface area contributed by atoms with Crippen LogP contribution in [0.15, 0.2) is 39.9 Å². The number of carbonyl (C=O) groups excluding carboxylic acids is 2. The van der Waals surface area contributed by atoms with Crippen molar-refractivity contribution in [3.8, 4) is 0 Å². The molecule has 1 amide bonds. The van der Waals surface area contributed by atoms with E-state index in [-0.39, 0.29) is 35.7 Å². The number of rotatable bonds is 6. The van der Waals surface area contributed by atoms with Crippen LogP contribution in [0.2, 0.25) is 0 Å². The Hall–Kier alpha value is -3.48. The molecule has 0 aromatic heterocycles. The zero-order valence-corrected chi connectivity index (χ0v) is 18.1. The van der Waals surface area contributed by atoms with E-state index in [2.05, 4.69) is 9.71 Å². The van der Waals surface area contributed by atoms with Crippen LogP contribution in [0.5, 0.6) is 0 Å². The summed E-state index contributed by atoms with van der Waals surface area (Å²) in [4.78, 5) is 37.0. The number of nitrogens with zero attached hydrogens (tertiary/aromatic N) is 3. The van der Waals surface area contributed by atoms with Crippen molar-refractivity contribution in [3.05, 3.63) is 51.2 Å². The summed E-state index contributed by atoms with van der Waals surface area (Å²) in [6.07, 6.45) is -0.184. The minimum atomic E-state index is -3.97. The number of non-ortho nitro benzene ring substituents is 1. The Morgan fingerprint density at radius 2 is 1.90 bits per heavy atom. The summed E-state index contributed by atoms with van der Waals surface area (Å²) in [5, 5.41) is 13.9. The van der Waals surface area contributed by atoms with Gasteiger partial charge in [-0.2, -0.15) is 0 Å². The van der Waals surface area contributed by atoms with Crippen LogP contribution in [0, 0.1) is 10.1 Å². The molecule has 1 N–H and O–H groups in total. The van der Waals surface area contributed by atoms with Crippen LogP contribution in [0.1, 0.15) is 32.4 Å². The molecule has 1 aromatic rings. The summed E-state index contributed by atoms with van der Waals surface area (Å²) in [6, 6.07) is 3.96. The smallest absolute Gasteiger partial charge is 0.417 e. The van der Waals surface area contributed by atoms with E-state index in [0.29, 0.717) is 0 Å². The van der Waals surface area contributed by atoms with Crippen LogP contribution in [-0.4, -0.2) is 55.7 Å². The first-order valence-corrected chi connectivity index (χ1v) is 11.0. The number of hydrogen-bond acceptors (Lipinski definition) is 8. The number of nitro benzene ring substituents is 1. The third kappa shape index (κ3) is 5.57. The normalized spacial score (nSPS) is 17.9. The molecule has 12 nitrogen and oxygen atoms in total. The summed E-state index contributed by atoms with van der Waals surface area (Å²) >= 11 is 0. The number of guanidine groups is 1. The molecule has 1 heterocycles. The number of nitro groups is 1. The number of carbonyl (C=O) groups is 2. The topological polar surface area (TPSA) is 158 Å². The first-order chi connectivity index (χ1) is 14.5. The molecule has 2 rings (SSSR count). The summed E-state index contributed by atoms with van der Waals surface area (Å²) in [5.41, 5.74) is -0.0181. The molecule has 0 saturated carbocycles. The van der Waals surface area contributed by atoms with Crippen LogP contribution in [0.4, 0.5) is 10.5 Å². The SMILES string of the molecule is CCOC(=O)C1=C(C)NC(=NS(C)(=O)=O)N(C(=O)OCC)C1c1cccc([N+](=O)[O-])c1. The number of esters is 1. The lowest BCUT2D eigenvalue weighted by Gasteiger charge is -2.37. The summed E-state index contributed by atoms with van der Waals surface area (Å²) in [5.74, 6) is -1.21. The van der Waals surface area contributed by atoms with Gasteiger partial charge in [0, 0.05) is 17.8 Å². The highest BCUT2D eigenvalue weighted by Crippen LogP contribution is 2.36. The van der Waals surface area contributed by atoms with Gasteiger partial charge < -0.3 is 14.8 Å². The van der Waals surface area contributed by atoms with E-state index >= 15 is 0 Å². The lowest BCUT2D eigenvalue weighted by atomic mass is 9.93. The summed E-state index contributed by atoms with van der Waals surface area (Å²) in [6.45, 7) is 4.57. The first kappa shape index (κ1) is 23.8. The lowest BCUT2D eigenvalue weighted by molar-refractivity contribution is -0.384. The Bertz CT molecular complexity index is 1060. The highest BCUT2D eigenvalue weighted by atomic mass is 32.2.